The Labute approximate surface area is 166 Å². The summed E-state index contributed by atoms with van der Waals surface area (Å²) in [5.74, 6) is -2.75. The zero-order valence-electron chi connectivity index (χ0n) is 14.1. The summed E-state index contributed by atoms with van der Waals surface area (Å²) in [5, 5.41) is 10.6. The number of esters is 1. The number of nitro groups is 1. The molecule has 0 radical (unpaired) electrons. The summed E-state index contributed by atoms with van der Waals surface area (Å²) in [7, 11) is 0. The SMILES string of the molecule is O=C(CN1C(=O)c2ccc(Br)cc2C1=O)OCC(=O)c1ccc([N+](=O)[O-])cc1. The van der Waals surface area contributed by atoms with Crippen LogP contribution in [0.1, 0.15) is 31.1 Å². The van der Waals surface area contributed by atoms with Crippen LogP contribution in [0, 0.1) is 10.1 Å². The first-order chi connectivity index (χ1) is 13.3. The van der Waals surface area contributed by atoms with Gasteiger partial charge in [0.05, 0.1) is 16.1 Å². The molecule has 142 valence electrons. The number of hydrogen-bond donors (Lipinski definition) is 0. The highest BCUT2D eigenvalue weighted by Gasteiger charge is 2.37. The number of amides is 2. The van der Waals surface area contributed by atoms with E-state index in [0.29, 0.717) is 4.47 Å². The minimum atomic E-state index is -0.927. The second-order valence-electron chi connectivity index (χ2n) is 5.77. The van der Waals surface area contributed by atoms with E-state index < -0.39 is 41.6 Å². The number of nitrogens with zero attached hydrogens (tertiary/aromatic N) is 2. The number of carbonyl (C=O) groups excluding carboxylic acids is 4. The van der Waals surface area contributed by atoms with Gasteiger partial charge in [-0.05, 0) is 30.3 Å². The molecule has 2 aromatic carbocycles. The zero-order chi connectivity index (χ0) is 20.4. The van der Waals surface area contributed by atoms with Crippen molar-refractivity contribution in [2.45, 2.75) is 0 Å². The quantitative estimate of drug-likeness (QED) is 0.219. The Morgan fingerprint density at radius 3 is 2.32 bits per heavy atom. The Hall–Kier alpha value is -3.40. The van der Waals surface area contributed by atoms with E-state index in [4.69, 9.17) is 4.74 Å². The molecular formula is C18H11BrN2O7. The number of rotatable bonds is 6. The van der Waals surface area contributed by atoms with Crippen LogP contribution in [-0.2, 0) is 9.53 Å². The lowest BCUT2D eigenvalue weighted by atomic mass is 10.1. The molecule has 3 rings (SSSR count). The van der Waals surface area contributed by atoms with Gasteiger partial charge in [-0.1, -0.05) is 15.9 Å². The van der Waals surface area contributed by atoms with Crippen LogP contribution in [0.15, 0.2) is 46.9 Å². The molecule has 28 heavy (non-hydrogen) atoms. The fourth-order valence-corrected chi connectivity index (χ4v) is 2.94. The normalized spacial score (nSPS) is 12.7. The van der Waals surface area contributed by atoms with Crippen molar-refractivity contribution in [3.05, 3.63) is 73.7 Å². The van der Waals surface area contributed by atoms with E-state index in [1.165, 1.54) is 24.3 Å². The molecule has 2 amide bonds. The number of ketones is 1. The standard InChI is InChI=1S/C18H11BrN2O7/c19-11-3-6-13-14(7-11)18(25)20(17(13)24)8-16(23)28-9-15(22)10-1-4-12(5-2-10)21(26)27/h1-7H,8-9H2. The molecule has 0 aromatic heterocycles. The van der Waals surface area contributed by atoms with Gasteiger partial charge in [-0.3, -0.25) is 34.2 Å². The summed E-state index contributed by atoms with van der Waals surface area (Å²) in [4.78, 5) is 59.3. The van der Waals surface area contributed by atoms with Crippen molar-refractivity contribution in [1.29, 1.82) is 0 Å². The number of fused-ring (bicyclic) bond motifs is 1. The van der Waals surface area contributed by atoms with Crippen LogP contribution < -0.4 is 0 Å². The van der Waals surface area contributed by atoms with E-state index in [-0.39, 0.29) is 22.4 Å². The second kappa shape index (κ2) is 7.69. The Balaban J connectivity index is 1.59. The predicted octanol–water partition coefficient (Wildman–Crippen LogP) is 2.38. The van der Waals surface area contributed by atoms with Gasteiger partial charge in [0, 0.05) is 22.2 Å². The first-order valence-electron chi connectivity index (χ1n) is 7.87. The number of imide groups is 1. The minimum absolute atomic E-state index is 0.129. The molecule has 0 saturated heterocycles. The molecule has 0 fully saturated rings. The first kappa shape index (κ1) is 19.4. The smallest absolute Gasteiger partial charge is 0.326 e. The number of Topliss-reactive ketones (excluding diaryl/α,β-unsaturated/α-hetero) is 1. The van der Waals surface area contributed by atoms with Crippen molar-refractivity contribution in [2.75, 3.05) is 13.2 Å². The molecule has 1 aliphatic heterocycles. The second-order valence-corrected chi connectivity index (χ2v) is 6.69. The lowest BCUT2D eigenvalue weighted by Crippen LogP contribution is -2.36. The minimum Gasteiger partial charge on any atom is -0.456 e. The van der Waals surface area contributed by atoms with Crippen LogP contribution in [0.4, 0.5) is 5.69 Å². The molecule has 0 saturated carbocycles. The molecular weight excluding hydrogens is 436 g/mol. The first-order valence-corrected chi connectivity index (χ1v) is 8.66. The van der Waals surface area contributed by atoms with Crippen molar-refractivity contribution in [1.82, 2.24) is 4.90 Å². The molecule has 1 heterocycles. The van der Waals surface area contributed by atoms with Crippen LogP contribution in [0.25, 0.3) is 0 Å². The summed E-state index contributed by atoms with van der Waals surface area (Å²) >= 11 is 3.21. The molecule has 9 nitrogen and oxygen atoms in total. The maximum atomic E-state index is 12.3. The molecule has 10 heteroatoms. The average Bonchev–Trinajstić information content (AvgIpc) is 2.90. The summed E-state index contributed by atoms with van der Waals surface area (Å²) in [5.41, 5.74) is 0.312. The lowest BCUT2D eigenvalue weighted by molar-refractivity contribution is -0.384. The van der Waals surface area contributed by atoms with Crippen molar-refractivity contribution < 1.29 is 28.8 Å². The fraction of sp³-hybridized carbons (Fsp3) is 0.111. The topological polar surface area (TPSA) is 124 Å². The van der Waals surface area contributed by atoms with E-state index in [1.54, 1.807) is 6.07 Å². The van der Waals surface area contributed by atoms with Gasteiger partial charge in [0.25, 0.3) is 17.5 Å². The highest BCUT2D eigenvalue weighted by atomic mass is 79.9. The van der Waals surface area contributed by atoms with Gasteiger partial charge in [0.15, 0.2) is 12.4 Å². The lowest BCUT2D eigenvalue weighted by Gasteiger charge is -2.12. The number of hydrogen-bond acceptors (Lipinski definition) is 7. The van der Waals surface area contributed by atoms with E-state index in [1.807, 2.05) is 0 Å². The van der Waals surface area contributed by atoms with Crippen LogP contribution >= 0.6 is 15.9 Å². The van der Waals surface area contributed by atoms with E-state index in [9.17, 15) is 29.3 Å². The van der Waals surface area contributed by atoms with Crippen molar-refractivity contribution in [3.63, 3.8) is 0 Å². The number of ether oxygens (including phenoxy) is 1. The fourth-order valence-electron chi connectivity index (χ4n) is 2.58. The number of halogens is 1. The van der Waals surface area contributed by atoms with E-state index in [2.05, 4.69) is 15.9 Å². The van der Waals surface area contributed by atoms with Gasteiger partial charge < -0.3 is 4.74 Å². The van der Waals surface area contributed by atoms with Crippen LogP contribution in [0.3, 0.4) is 0 Å². The van der Waals surface area contributed by atoms with Gasteiger partial charge in [0.1, 0.15) is 6.54 Å². The summed E-state index contributed by atoms with van der Waals surface area (Å²) in [6.07, 6.45) is 0. The third kappa shape index (κ3) is 3.81. The van der Waals surface area contributed by atoms with Crippen LogP contribution in [0.2, 0.25) is 0 Å². The monoisotopic (exact) mass is 446 g/mol. The number of benzene rings is 2. The maximum absolute atomic E-state index is 12.3. The number of non-ortho nitro benzene ring substituents is 1. The van der Waals surface area contributed by atoms with Gasteiger partial charge in [-0.25, -0.2) is 0 Å². The van der Waals surface area contributed by atoms with Crippen molar-refractivity contribution >= 4 is 45.2 Å². The third-order valence-corrected chi connectivity index (χ3v) is 4.48. The largest absolute Gasteiger partial charge is 0.456 e. The molecule has 0 bridgehead atoms. The van der Waals surface area contributed by atoms with Gasteiger partial charge in [-0.15, -0.1) is 0 Å². The summed E-state index contributed by atoms with van der Waals surface area (Å²) < 4.78 is 5.46. The molecule has 0 N–H and O–H groups in total. The van der Waals surface area contributed by atoms with Gasteiger partial charge in [0.2, 0.25) is 0 Å². The molecule has 1 aliphatic rings. The maximum Gasteiger partial charge on any atom is 0.326 e. The summed E-state index contributed by atoms with van der Waals surface area (Å²) in [6, 6.07) is 9.38. The zero-order valence-corrected chi connectivity index (χ0v) is 15.7. The molecule has 0 atom stereocenters. The average molecular weight is 447 g/mol. The number of carbonyl (C=O) groups is 4. The van der Waals surface area contributed by atoms with Crippen LogP contribution in [0.5, 0.6) is 0 Å². The van der Waals surface area contributed by atoms with Crippen LogP contribution in [-0.4, -0.2) is 46.5 Å². The Morgan fingerprint density at radius 2 is 1.68 bits per heavy atom. The Morgan fingerprint density at radius 1 is 1.04 bits per heavy atom. The number of nitro benzene ring substituents is 1. The van der Waals surface area contributed by atoms with Gasteiger partial charge in [-0.2, -0.15) is 0 Å². The predicted molar refractivity (Wildman–Crippen MR) is 97.9 cm³/mol. The Bertz CT molecular complexity index is 1020. The molecule has 0 aliphatic carbocycles. The third-order valence-electron chi connectivity index (χ3n) is 3.98. The Kier molecular flexibility index (Phi) is 5.32. The summed E-state index contributed by atoms with van der Waals surface area (Å²) in [6.45, 7) is -1.25. The van der Waals surface area contributed by atoms with Crippen molar-refractivity contribution in [2.24, 2.45) is 0 Å². The van der Waals surface area contributed by atoms with E-state index in [0.717, 1.165) is 17.0 Å². The highest BCUT2D eigenvalue weighted by Crippen LogP contribution is 2.25. The van der Waals surface area contributed by atoms with E-state index >= 15 is 0 Å². The molecule has 0 spiro atoms. The van der Waals surface area contributed by atoms with Gasteiger partial charge >= 0.3 is 5.97 Å². The highest BCUT2D eigenvalue weighted by molar-refractivity contribution is 9.10. The molecule has 2 aromatic rings. The molecule has 0 unspecified atom stereocenters. The van der Waals surface area contributed by atoms with Crippen molar-refractivity contribution in [3.8, 4) is 0 Å².